The minimum Gasteiger partial charge on any atom is -0.481 e. The van der Waals surface area contributed by atoms with Crippen LogP contribution in [0.5, 0.6) is 0 Å². The fourth-order valence-corrected chi connectivity index (χ4v) is 3.59. The summed E-state index contributed by atoms with van der Waals surface area (Å²) >= 11 is 0. The minimum atomic E-state index is -0.765. The molecule has 102 valence electrons. The largest absolute Gasteiger partial charge is 0.481 e. The molecule has 0 aromatic heterocycles. The number of hydrogen-bond acceptors (Lipinski definition) is 2. The van der Waals surface area contributed by atoms with E-state index in [-0.39, 0.29) is 17.7 Å². The van der Waals surface area contributed by atoms with E-state index in [1.807, 2.05) is 4.90 Å². The zero-order valence-electron chi connectivity index (χ0n) is 11.2. The van der Waals surface area contributed by atoms with Crippen LogP contribution in [0.25, 0.3) is 0 Å². The smallest absolute Gasteiger partial charge is 0.303 e. The fourth-order valence-electron chi connectivity index (χ4n) is 3.59. The topological polar surface area (TPSA) is 57.6 Å². The number of nitrogens with zero attached hydrogens (tertiary/aromatic N) is 1. The van der Waals surface area contributed by atoms with Crippen LogP contribution < -0.4 is 0 Å². The van der Waals surface area contributed by atoms with E-state index in [9.17, 15) is 9.59 Å². The molecule has 4 nitrogen and oxygen atoms in total. The summed E-state index contributed by atoms with van der Waals surface area (Å²) in [5, 5.41) is 9.04. The third-order valence-electron chi connectivity index (χ3n) is 4.59. The van der Waals surface area contributed by atoms with Gasteiger partial charge in [0.05, 0.1) is 6.42 Å². The highest BCUT2D eigenvalue weighted by Gasteiger charge is 2.40. The molecular formula is C14H23NO3. The summed E-state index contributed by atoms with van der Waals surface area (Å²) in [6.45, 7) is 2.94. The standard InChI is InChI=1S/C14H23NO3/c1-11-5-4-8-15(11)12(16)9-14(10-13(17)18)6-2-3-7-14/h11H,2-10H2,1H3,(H,17,18). The van der Waals surface area contributed by atoms with Crippen molar-refractivity contribution in [2.45, 2.75) is 64.3 Å². The van der Waals surface area contributed by atoms with Gasteiger partial charge in [-0.2, -0.15) is 0 Å². The van der Waals surface area contributed by atoms with Crippen molar-refractivity contribution in [3.05, 3.63) is 0 Å². The Labute approximate surface area is 108 Å². The molecule has 1 aliphatic heterocycles. The van der Waals surface area contributed by atoms with Crippen LogP contribution in [0.2, 0.25) is 0 Å². The van der Waals surface area contributed by atoms with Crippen molar-refractivity contribution in [1.29, 1.82) is 0 Å². The van der Waals surface area contributed by atoms with Gasteiger partial charge in [0.2, 0.25) is 5.91 Å². The maximum absolute atomic E-state index is 12.3. The first kappa shape index (κ1) is 13.4. The van der Waals surface area contributed by atoms with Crippen LogP contribution in [-0.2, 0) is 9.59 Å². The maximum Gasteiger partial charge on any atom is 0.303 e. The highest BCUT2D eigenvalue weighted by molar-refractivity contribution is 5.79. The summed E-state index contributed by atoms with van der Waals surface area (Å²) in [6.07, 6.45) is 6.67. The number of carbonyl (C=O) groups is 2. The van der Waals surface area contributed by atoms with Gasteiger partial charge in [0.15, 0.2) is 0 Å². The predicted octanol–water partition coefficient (Wildman–Crippen LogP) is 2.42. The average Bonchev–Trinajstić information content (AvgIpc) is 2.86. The van der Waals surface area contributed by atoms with Crippen molar-refractivity contribution in [2.75, 3.05) is 6.54 Å². The molecule has 1 aliphatic carbocycles. The lowest BCUT2D eigenvalue weighted by atomic mass is 9.79. The van der Waals surface area contributed by atoms with E-state index in [0.717, 1.165) is 45.1 Å². The van der Waals surface area contributed by atoms with Gasteiger partial charge >= 0.3 is 5.97 Å². The minimum absolute atomic E-state index is 0.154. The molecule has 4 heteroatoms. The first-order chi connectivity index (χ1) is 8.52. The van der Waals surface area contributed by atoms with Crippen molar-refractivity contribution >= 4 is 11.9 Å². The van der Waals surface area contributed by atoms with Crippen LogP contribution in [0.3, 0.4) is 0 Å². The molecule has 0 aromatic rings. The van der Waals surface area contributed by atoms with Gasteiger partial charge in [-0.15, -0.1) is 0 Å². The maximum atomic E-state index is 12.3. The van der Waals surface area contributed by atoms with E-state index in [2.05, 4.69) is 6.92 Å². The highest BCUT2D eigenvalue weighted by Crippen LogP contribution is 2.44. The Morgan fingerprint density at radius 3 is 2.39 bits per heavy atom. The first-order valence-electron chi connectivity index (χ1n) is 7.04. The molecule has 0 bridgehead atoms. The van der Waals surface area contributed by atoms with Gasteiger partial charge in [-0.1, -0.05) is 12.8 Å². The van der Waals surface area contributed by atoms with Crippen LogP contribution >= 0.6 is 0 Å². The summed E-state index contributed by atoms with van der Waals surface area (Å²) in [4.78, 5) is 25.3. The molecule has 1 amide bonds. The lowest BCUT2D eigenvalue weighted by Gasteiger charge is -2.30. The normalized spacial score (nSPS) is 26.5. The fraction of sp³-hybridized carbons (Fsp3) is 0.857. The van der Waals surface area contributed by atoms with Crippen LogP contribution in [0.1, 0.15) is 58.3 Å². The molecule has 0 aromatic carbocycles. The molecule has 1 atom stereocenters. The molecule has 0 spiro atoms. The zero-order valence-corrected chi connectivity index (χ0v) is 11.2. The van der Waals surface area contributed by atoms with Crippen molar-refractivity contribution in [3.8, 4) is 0 Å². The summed E-state index contributed by atoms with van der Waals surface area (Å²) < 4.78 is 0. The number of hydrogen-bond donors (Lipinski definition) is 1. The summed E-state index contributed by atoms with van der Waals surface area (Å²) in [5.74, 6) is -0.595. The van der Waals surface area contributed by atoms with Crippen LogP contribution in [0.15, 0.2) is 0 Å². The molecular weight excluding hydrogens is 230 g/mol. The second-order valence-corrected chi connectivity index (χ2v) is 6.03. The molecule has 1 saturated carbocycles. The molecule has 2 aliphatic rings. The molecule has 1 saturated heterocycles. The average molecular weight is 253 g/mol. The second kappa shape index (κ2) is 5.29. The Balaban J connectivity index is 2.00. The Hall–Kier alpha value is -1.06. The van der Waals surface area contributed by atoms with E-state index < -0.39 is 5.97 Å². The van der Waals surface area contributed by atoms with Gasteiger partial charge in [0, 0.05) is 19.0 Å². The zero-order chi connectivity index (χ0) is 13.2. The van der Waals surface area contributed by atoms with E-state index in [1.54, 1.807) is 0 Å². The highest BCUT2D eigenvalue weighted by atomic mass is 16.4. The Morgan fingerprint density at radius 2 is 1.89 bits per heavy atom. The molecule has 18 heavy (non-hydrogen) atoms. The molecule has 1 heterocycles. The predicted molar refractivity (Wildman–Crippen MR) is 68.2 cm³/mol. The number of rotatable bonds is 4. The molecule has 0 radical (unpaired) electrons. The van der Waals surface area contributed by atoms with Crippen LogP contribution in [0.4, 0.5) is 0 Å². The molecule has 1 N–H and O–H groups in total. The van der Waals surface area contributed by atoms with Crippen LogP contribution in [-0.4, -0.2) is 34.5 Å². The van der Waals surface area contributed by atoms with Gasteiger partial charge in [0.25, 0.3) is 0 Å². The summed E-state index contributed by atoms with van der Waals surface area (Å²) in [5.41, 5.74) is -0.259. The lowest BCUT2D eigenvalue weighted by molar-refractivity contribution is -0.141. The van der Waals surface area contributed by atoms with Crippen LogP contribution in [0, 0.1) is 5.41 Å². The molecule has 1 unspecified atom stereocenters. The number of carboxylic acids is 1. The van der Waals surface area contributed by atoms with Gasteiger partial charge in [0.1, 0.15) is 0 Å². The van der Waals surface area contributed by atoms with Gasteiger partial charge in [-0.25, -0.2) is 0 Å². The molecule has 2 fully saturated rings. The first-order valence-corrected chi connectivity index (χ1v) is 7.04. The summed E-state index contributed by atoms with van der Waals surface area (Å²) in [6, 6.07) is 0.334. The Bertz CT molecular complexity index is 334. The van der Waals surface area contributed by atoms with Gasteiger partial charge in [-0.05, 0) is 38.0 Å². The quantitative estimate of drug-likeness (QED) is 0.837. The number of aliphatic carboxylic acids is 1. The SMILES string of the molecule is CC1CCCN1C(=O)CC1(CC(=O)O)CCCC1. The van der Waals surface area contributed by atoms with E-state index >= 15 is 0 Å². The second-order valence-electron chi connectivity index (χ2n) is 6.03. The number of carboxylic acid groups (broad SMARTS) is 1. The van der Waals surface area contributed by atoms with E-state index in [1.165, 1.54) is 0 Å². The molecule has 2 rings (SSSR count). The van der Waals surface area contributed by atoms with Crippen molar-refractivity contribution in [1.82, 2.24) is 4.90 Å². The third-order valence-corrected chi connectivity index (χ3v) is 4.59. The number of carbonyl (C=O) groups excluding carboxylic acids is 1. The van der Waals surface area contributed by atoms with Crippen molar-refractivity contribution < 1.29 is 14.7 Å². The van der Waals surface area contributed by atoms with E-state index in [0.29, 0.717) is 12.5 Å². The Morgan fingerprint density at radius 1 is 1.22 bits per heavy atom. The number of likely N-dealkylation sites (tertiary alicyclic amines) is 1. The Kier molecular flexibility index (Phi) is 3.93. The summed E-state index contributed by atoms with van der Waals surface area (Å²) in [7, 11) is 0. The number of amides is 1. The lowest BCUT2D eigenvalue weighted by Crippen LogP contribution is -2.37. The van der Waals surface area contributed by atoms with Gasteiger partial charge in [-0.3, -0.25) is 9.59 Å². The van der Waals surface area contributed by atoms with E-state index in [4.69, 9.17) is 5.11 Å². The van der Waals surface area contributed by atoms with Crippen molar-refractivity contribution in [2.24, 2.45) is 5.41 Å². The van der Waals surface area contributed by atoms with Crippen molar-refractivity contribution in [3.63, 3.8) is 0 Å². The monoisotopic (exact) mass is 253 g/mol. The van der Waals surface area contributed by atoms with Gasteiger partial charge < -0.3 is 10.0 Å². The third kappa shape index (κ3) is 2.85.